The Morgan fingerprint density at radius 3 is 2.12 bits per heavy atom. The Bertz CT molecular complexity index is 1420. The van der Waals surface area contributed by atoms with Crippen LogP contribution in [0.3, 0.4) is 0 Å². The zero-order valence-corrected chi connectivity index (χ0v) is 18.8. The minimum absolute atomic E-state index is 0.130. The molecule has 0 saturated heterocycles. The van der Waals surface area contributed by atoms with Gasteiger partial charge in [0, 0.05) is 22.3 Å². The molecule has 0 spiro atoms. The van der Waals surface area contributed by atoms with Crippen LogP contribution in [0.15, 0.2) is 91.0 Å². The van der Waals surface area contributed by atoms with Gasteiger partial charge in [-0.15, -0.1) is 0 Å². The van der Waals surface area contributed by atoms with Gasteiger partial charge in [-0.2, -0.15) is 5.26 Å². The maximum absolute atomic E-state index is 9.50. The molecule has 0 fully saturated rings. The van der Waals surface area contributed by atoms with Crippen molar-refractivity contribution in [3.05, 3.63) is 124 Å². The Kier molecular flexibility index (Phi) is 5.27. The molecule has 0 bridgehead atoms. The number of nitrogens with zero attached hydrogens (tertiary/aromatic N) is 1. The van der Waals surface area contributed by atoms with Crippen LogP contribution >= 0.6 is 0 Å². The monoisotopic (exact) mass is 446 g/mol. The molecule has 1 atom stereocenters. The minimum atomic E-state index is -0.973. The summed E-state index contributed by atoms with van der Waals surface area (Å²) in [5.74, 6) is 2.00. The summed E-state index contributed by atoms with van der Waals surface area (Å²) in [5.41, 5.74) is 3.83. The topological polar surface area (TPSA) is 75.3 Å². The van der Waals surface area contributed by atoms with Gasteiger partial charge in [-0.3, -0.25) is 5.41 Å². The highest BCUT2D eigenvalue weighted by molar-refractivity contribution is 5.98. The van der Waals surface area contributed by atoms with Crippen LogP contribution in [-0.2, 0) is 10.3 Å². The molecular weight excluding hydrogens is 424 g/mol. The Labute approximate surface area is 198 Å². The fraction of sp³-hybridized carbons (Fsp3) is 0.103. The molecule has 1 aliphatic heterocycles. The maximum atomic E-state index is 9.50. The number of methoxy groups -OCH3 is 1. The Hall–Kier alpha value is -4.56. The largest absolute Gasteiger partial charge is 0.497 e. The second-order valence-electron chi connectivity index (χ2n) is 8.07. The quantitative estimate of drug-likeness (QED) is 0.389. The predicted molar refractivity (Wildman–Crippen MR) is 130 cm³/mol. The first kappa shape index (κ1) is 21.3. The first-order chi connectivity index (χ1) is 16.6. The van der Waals surface area contributed by atoms with E-state index in [1.54, 1.807) is 13.2 Å². The lowest BCUT2D eigenvalue weighted by Crippen LogP contribution is -2.29. The summed E-state index contributed by atoms with van der Waals surface area (Å²) in [6, 6.07) is 30.8. The molecular formula is C29H22N2O3. The fourth-order valence-electron chi connectivity index (χ4n) is 4.43. The lowest BCUT2D eigenvalue weighted by Gasteiger charge is -2.31. The van der Waals surface area contributed by atoms with Crippen molar-refractivity contribution in [3.8, 4) is 23.3 Å². The zero-order valence-electron chi connectivity index (χ0n) is 18.8. The first-order valence-electron chi connectivity index (χ1n) is 10.9. The Morgan fingerprint density at radius 2 is 1.47 bits per heavy atom. The van der Waals surface area contributed by atoms with Crippen LogP contribution in [0.2, 0.25) is 0 Å². The number of rotatable bonds is 5. The van der Waals surface area contributed by atoms with Crippen molar-refractivity contribution < 1.29 is 14.2 Å². The third kappa shape index (κ3) is 3.37. The molecule has 34 heavy (non-hydrogen) atoms. The highest BCUT2D eigenvalue weighted by atomic mass is 16.5. The van der Waals surface area contributed by atoms with Gasteiger partial charge < -0.3 is 14.2 Å². The van der Waals surface area contributed by atoms with E-state index in [0.29, 0.717) is 17.1 Å². The summed E-state index contributed by atoms with van der Waals surface area (Å²) < 4.78 is 17.7. The average Bonchev–Trinajstić information content (AvgIpc) is 3.18. The second kappa shape index (κ2) is 8.42. The molecule has 1 N–H and O–H groups in total. The van der Waals surface area contributed by atoms with E-state index in [4.69, 9.17) is 19.6 Å². The van der Waals surface area contributed by atoms with E-state index in [-0.39, 0.29) is 5.90 Å². The van der Waals surface area contributed by atoms with Crippen LogP contribution in [0.1, 0.15) is 33.4 Å². The molecule has 1 heterocycles. The number of aryl methyl sites for hydroxylation is 1. The Balaban J connectivity index is 1.59. The molecule has 5 rings (SSSR count). The number of benzene rings is 4. The summed E-state index contributed by atoms with van der Waals surface area (Å²) in [5, 5.41) is 18.0. The number of ether oxygens (including phenoxy) is 3. The predicted octanol–water partition coefficient (Wildman–Crippen LogP) is 6.32. The van der Waals surface area contributed by atoms with Gasteiger partial charge in [-0.25, -0.2) is 0 Å². The number of nitriles is 1. The highest BCUT2D eigenvalue weighted by Crippen LogP contribution is 2.47. The van der Waals surface area contributed by atoms with Gasteiger partial charge in [0.25, 0.3) is 0 Å². The van der Waals surface area contributed by atoms with Gasteiger partial charge >= 0.3 is 0 Å². The standard InChI is InChI=1S/C29H22N2O3/c1-19-6-5-9-27(25(19)18-30)33-23-16-12-21(13-17-23)29(20-10-14-22(32-2)15-11-20)26-8-4-3-7-24(26)28(31)34-29/h3-17,31H,1-2H3. The lowest BCUT2D eigenvalue weighted by molar-refractivity contribution is 0.157. The summed E-state index contributed by atoms with van der Waals surface area (Å²) in [6.45, 7) is 1.89. The van der Waals surface area contributed by atoms with Crippen LogP contribution in [0.5, 0.6) is 17.2 Å². The van der Waals surface area contributed by atoms with Crippen LogP contribution in [0.4, 0.5) is 0 Å². The normalized spacial score (nSPS) is 16.3. The smallest absolute Gasteiger partial charge is 0.215 e. The van der Waals surface area contributed by atoms with Gasteiger partial charge in [0.2, 0.25) is 5.90 Å². The average molecular weight is 447 g/mol. The summed E-state index contributed by atoms with van der Waals surface area (Å²) >= 11 is 0. The van der Waals surface area contributed by atoms with Crippen molar-refractivity contribution in [2.75, 3.05) is 7.11 Å². The van der Waals surface area contributed by atoms with Crippen LogP contribution in [0, 0.1) is 23.7 Å². The molecule has 4 aromatic rings. The molecule has 0 aliphatic carbocycles. The summed E-state index contributed by atoms with van der Waals surface area (Å²) in [6.07, 6.45) is 0. The van der Waals surface area contributed by atoms with Crippen LogP contribution < -0.4 is 9.47 Å². The molecule has 1 aliphatic rings. The van der Waals surface area contributed by atoms with E-state index in [1.807, 2.05) is 91.9 Å². The van der Waals surface area contributed by atoms with Gasteiger partial charge in [0.1, 0.15) is 23.3 Å². The molecule has 0 aromatic heterocycles. The molecule has 4 aromatic carbocycles. The van der Waals surface area contributed by atoms with E-state index in [1.165, 1.54) is 0 Å². The first-order valence-corrected chi connectivity index (χ1v) is 10.9. The van der Waals surface area contributed by atoms with E-state index in [0.717, 1.165) is 33.6 Å². The molecule has 5 heteroatoms. The number of fused-ring (bicyclic) bond motifs is 1. The number of hydrogen-bond acceptors (Lipinski definition) is 5. The van der Waals surface area contributed by atoms with Crippen molar-refractivity contribution in [2.45, 2.75) is 12.5 Å². The second-order valence-corrected chi connectivity index (χ2v) is 8.07. The number of hydrogen-bond donors (Lipinski definition) is 1. The molecule has 0 amide bonds. The van der Waals surface area contributed by atoms with E-state index < -0.39 is 5.60 Å². The van der Waals surface area contributed by atoms with E-state index in [9.17, 15) is 5.26 Å². The van der Waals surface area contributed by atoms with E-state index in [2.05, 4.69) is 6.07 Å². The minimum Gasteiger partial charge on any atom is -0.497 e. The Morgan fingerprint density at radius 1 is 0.824 bits per heavy atom. The fourth-order valence-corrected chi connectivity index (χ4v) is 4.43. The maximum Gasteiger partial charge on any atom is 0.215 e. The van der Waals surface area contributed by atoms with Gasteiger partial charge in [-0.05, 0) is 48.9 Å². The summed E-state index contributed by atoms with van der Waals surface area (Å²) in [7, 11) is 1.63. The lowest BCUT2D eigenvalue weighted by atomic mass is 9.80. The van der Waals surface area contributed by atoms with E-state index >= 15 is 0 Å². The van der Waals surface area contributed by atoms with Crippen LogP contribution in [-0.4, -0.2) is 13.0 Å². The van der Waals surface area contributed by atoms with Gasteiger partial charge in [0.15, 0.2) is 5.60 Å². The van der Waals surface area contributed by atoms with Crippen molar-refractivity contribution in [1.29, 1.82) is 10.7 Å². The highest BCUT2D eigenvalue weighted by Gasteiger charge is 2.46. The van der Waals surface area contributed by atoms with Crippen molar-refractivity contribution in [1.82, 2.24) is 0 Å². The van der Waals surface area contributed by atoms with Crippen molar-refractivity contribution in [3.63, 3.8) is 0 Å². The zero-order chi connectivity index (χ0) is 23.7. The third-order valence-electron chi connectivity index (χ3n) is 6.14. The molecule has 0 saturated carbocycles. The van der Waals surface area contributed by atoms with Crippen LogP contribution in [0.25, 0.3) is 0 Å². The van der Waals surface area contributed by atoms with Gasteiger partial charge in [-0.1, -0.05) is 54.6 Å². The molecule has 5 nitrogen and oxygen atoms in total. The summed E-state index contributed by atoms with van der Waals surface area (Å²) in [4.78, 5) is 0. The molecule has 166 valence electrons. The van der Waals surface area contributed by atoms with Gasteiger partial charge in [0.05, 0.1) is 12.7 Å². The molecule has 1 unspecified atom stereocenters. The number of nitrogens with one attached hydrogen (secondary N) is 1. The van der Waals surface area contributed by atoms with Crippen molar-refractivity contribution >= 4 is 5.90 Å². The SMILES string of the molecule is COc1ccc(C2(c3ccc(Oc4cccc(C)c4C#N)cc3)OC(=N)c3ccccc32)cc1. The third-order valence-corrected chi connectivity index (χ3v) is 6.14. The molecule has 0 radical (unpaired) electrons. The van der Waals surface area contributed by atoms with Crippen molar-refractivity contribution in [2.24, 2.45) is 0 Å².